The van der Waals surface area contributed by atoms with Gasteiger partial charge in [0.1, 0.15) is 5.82 Å². The maximum atomic E-state index is 5.68. The number of hydrogen-bond acceptors (Lipinski definition) is 3. The molecular weight excluding hydrogens is 236 g/mol. The van der Waals surface area contributed by atoms with E-state index in [1.807, 2.05) is 6.92 Å². The number of benzene rings is 1. The summed E-state index contributed by atoms with van der Waals surface area (Å²) in [6, 6.07) is 6.99. The molecule has 19 heavy (non-hydrogen) atoms. The van der Waals surface area contributed by atoms with E-state index in [1.54, 1.807) is 0 Å². The van der Waals surface area contributed by atoms with E-state index in [0.29, 0.717) is 12.6 Å². The maximum absolute atomic E-state index is 5.68. The zero-order valence-electron chi connectivity index (χ0n) is 12.3. The molecule has 0 saturated carbocycles. The summed E-state index contributed by atoms with van der Waals surface area (Å²) < 4.78 is 2.13. The van der Waals surface area contributed by atoms with Gasteiger partial charge in [0, 0.05) is 26.2 Å². The van der Waals surface area contributed by atoms with Crippen molar-refractivity contribution >= 4 is 11.0 Å². The van der Waals surface area contributed by atoms with Crippen molar-refractivity contribution in [3.63, 3.8) is 0 Å². The summed E-state index contributed by atoms with van der Waals surface area (Å²) in [5.41, 5.74) is 9.31. The van der Waals surface area contributed by atoms with Crippen molar-refractivity contribution < 1.29 is 0 Å². The highest BCUT2D eigenvalue weighted by Gasteiger charge is 2.08. The van der Waals surface area contributed by atoms with Crippen LogP contribution in [0.3, 0.4) is 0 Å². The molecule has 0 amide bonds. The minimum atomic E-state index is 0.431. The Morgan fingerprint density at radius 3 is 2.84 bits per heavy atom. The van der Waals surface area contributed by atoms with Gasteiger partial charge in [-0.05, 0) is 45.0 Å². The number of aryl methyl sites for hydroxylation is 2. The highest BCUT2D eigenvalue weighted by molar-refractivity contribution is 5.76. The molecule has 2 rings (SSSR count). The standard InChI is InChI=1S/C15H24N4/c1-11(10-16)18(3)8-7-13-5-6-15-14(9-13)17-12(2)19(15)4/h5-6,9,11H,7-8,10,16H2,1-4H3. The Labute approximate surface area is 115 Å². The summed E-state index contributed by atoms with van der Waals surface area (Å²) in [5.74, 6) is 1.06. The van der Waals surface area contributed by atoms with Crippen molar-refractivity contribution in [1.29, 1.82) is 0 Å². The monoisotopic (exact) mass is 260 g/mol. The molecule has 1 unspecified atom stereocenters. The van der Waals surface area contributed by atoms with E-state index < -0.39 is 0 Å². The number of fused-ring (bicyclic) bond motifs is 1. The van der Waals surface area contributed by atoms with Crippen molar-refractivity contribution in [3.8, 4) is 0 Å². The Balaban J connectivity index is 2.10. The van der Waals surface area contributed by atoms with Crippen molar-refractivity contribution in [1.82, 2.24) is 14.5 Å². The summed E-state index contributed by atoms with van der Waals surface area (Å²) in [6.45, 7) is 5.92. The lowest BCUT2D eigenvalue weighted by molar-refractivity contribution is 0.266. The van der Waals surface area contributed by atoms with Crippen LogP contribution in [0.2, 0.25) is 0 Å². The molecule has 104 valence electrons. The molecule has 0 spiro atoms. The van der Waals surface area contributed by atoms with E-state index in [4.69, 9.17) is 5.73 Å². The van der Waals surface area contributed by atoms with Crippen LogP contribution in [-0.4, -0.2) is 40.6 Å². The lowest BCUT2D eigenvalue weighted by Crippen LogP contribution is -2.36. The molecule has 2 N–H and O–H groups in total. The zero-order valence-corrected chi connectivity index (χ0v) is 12.3. The van der Waals surface area contributed by atoms with Crippen LogP contribution >= 0.6 is 0 Å². The minimum Gasteiger partial charge on any atom is -0.331 e. The van der Waals surface area contributed by atoms with Crippen molar-refractivity contribution in [2.75, 3.05) is 20.1 Å². The molecule has 1 atom stereocenters. The third-order valence-corrected chi connectivity index (χ3v) is 4.02. The summed E-state index contributed by atoms with van der Waals surface area (Å²) in [7, 11) is 4.18. The average Bonchev–Trinajstić information content (AvgIpc) is 2.70. The molecule has 1 heterocycles. The van der Waals surface area contributed by atoms with Crippen LogP contribution in [0.25, 0.3) is 11.0 Å². The van der Waals surface area contributed by atoms with Crippen LogP contribution in [0.15, 0.2) is 18.2 Å². The molecule has 1 aromatic carbocycles. The van der Waals surface area contributed by atoms with Crippen LogP contribution in [0.5, 0.6) is 0 Å². The van der Waals surface area contributed by atoms with Gasteiger partial charge in [0.25, 0.3) is 0 Å². The molecule has 0 aliphatic heterocycles. The molecule has 4 nitrogen and oxygen atoms in total. The zero-order chi connectivity index (χ0) is 14.0. The topological polar surface area (TPSA) is 47.1 Å². The first-order valence-electron chi connectivity index (χ1n) is 6.85. The van der Waals surface area contributed by atoms with Crippen LogP contribution < -0.4 is 5.73 Å². The van der Waals surface area contributed by atoms with Gasteiger partial charge in [0.2, 0.25) is 0 Å². The fraction of sp³-hybridized carbons (Fsp3) is 0.533. The smallest absolute Gasteiger partial charge is 0.106 e. The van der Waals surface area contributed by atoms with E-state index in [9.17, 15) is 0 Å². The largest absolute Gasteiger partial charge is 0.331 e. The van der Waals surface area contributed by atoms with Gasteiger partial charge in [-0.15, -0.1) is 0 Å². The van der Waals surface area contributed by atoms with Gasteiger partial charge in [0.05, 0.1) is 11.0 Å². The lowest BCUT2D eigenvalue weighted by atomic mass is 10.1. The molecule has 0 fully saturated rings. The summed E-state index contributed by atoms with van der Waals surface area (Å²) in [5, 5.41) is 0. The first-order valence-corrected chi connectivity index (χ1v) is 6.85. The molecular formula is C15H24N4. The molecule has 4 heteroatoms. The second-order valence-corrected chi connectivity index (χ2v) is 5.36. The Bertz CT molecular complexity index is 559. The van der Waals surface area contributed by atoms with E-state index in [1.165, 1.54) is 11.1 Å². The normalized spacial score (nSPS) is 13.4. The van der Waals surface area contributed by atoms with Gasteiger partial charge in [-0.25, -0.2) is 4.98 Å². The third kappa shape index (κ3) is 2.96. The molecule has 2 aromatic rings. The highest BCUT2D eigenvalue weighted by atomic mass is 15.1. The third-order valence-electron chi connectivity index (χ3n) is 4.02. The van der Waals surface area contributed by atoms with Gasteiger partial charge >= 0.3 is 0 Å². The van der Waals surface area contributed by atoms with Gasteiger partial charge in [-0.3, -0.25) is 0 Å². The van der Waals surface area contributed by atoms with Gasteiger partial charge in [-0.1, -0.05) is 6.07 Å². The molecule has 0 radical (unpaired) electrons. The number of nitrogens with zero attached hydrogens (tertiary/aromatic N) is 3. The number of aromatic nitrogens is 2. The number of hydrogen-bond donors (Lipinski definition) is 1. The predicted octanol–water partition coefficient (Wildman–Crippen LogP) is 1.70. The fourth-order valence-corrected chi connectivity index (χ4v) is 2.23. The van der Waals surface area contributed by atoms with Crippen molar-refractivity contribution in [2.45, 2.75) is 26.3 Å². The number of nitrogens with two attached hydrogens (primary N) is 1. The molecule has 1 aromatic heterocycles. The van der Waals surface area contributed by atoms with Crippen LogP contribution in [-0.2, 0) is 13.5 Å². The second kappa shape index (κ2) is 5.72. The Hall–Kier alpha value is -1.39. The maximum Gasteiger partial charge on any atom is 0.106 e. The van der Waals surface area contributed by atoms with Crippen LogP contribution in [0, 0.1) is 6.92 Å². The Morgan fingerprint density at radius 2 is 2.16 bits per heavy atom. The van der Waals surface area contributed by atoms with Gasteiger partial charge < -0.3 is 15.2 Å². The molecule has 0 bridgehead atoms. The van der Waals surface area contributed by atoms with Crippen LogP contribution in [0.1, 0.15) is 18.3 Å². The van der Waals surface area contributed by atoms with Crippen LogP contribution in [0.4, 0.5) is 0 Å². The number of rotatable bonds is 5. The highest BCUT2D eigenvalue weighted by Crippen LogP contribution is 2.17. The summed E-state index contributed by atoms with van der Waals surface area (Å²) in [4.78, 5) is 6.88. The SMILES string of the molecule is Cc1nc2cc(CCN(C)C(C)CN)ccc2n1C. The first kappa shape index (κ1) is 14.0. The van der Waals surface area contributed by atoms with E-state index >= 15 is 0 Å². The number of likely N-dealkylation sites (N-methyl/N-ethyl adjacent to an activating group) is 1. The van der Waals surface area contributed by atoms with Gasteiger partial charge in [-0.2, -0.15) is 0 Å². The predicted molar refractivity (Wildman–Crippen MR) is 80.3 cm³/mol. The van der Waals surface area contributed by atoms with E-state index in [-0.39, 0.29) is 0 Å². The summed E-state index contributed by atoms with van der Waals surface area (Å²) >= 11 is 0. The quantitative estimate of drug-likeness (QED) is 0.890. The van der Waals surface area contributed by atoms with Crippen molar-refractivity contribution in [3.05, 3.63) is 29.6 Å². The van der Waals surface area contributed by atoms with E-state index in [2.05, 4.69) is 53.7 Å². The minimum absolute atomic E-state index is 0.431. The first-order chi connectivity index (χ1) is 9.02. The second-order valence-electron chi connectivity index (χ2n) is 5.36. The average molecular weight is 260 g/mol. The lowest BCUT2D eigenvalue weighted by Gasteiger charge is -2.23. The summed E-state index contributed by atoms with van der Waals surface area (Å²) in [6.07, 6.45) is 1.03. The molecule has 0 aliphatic carbocycles. The number of imidazole rings is 1. The van der Waals surface area contributed by atoms with Gasteiger partial charge in [0.15, 0.2) is 0 Å². The van der Waals surface area contributed by atoms with Crippen molar-refractivity contribution in [2.24, 2.45) is 12.8 Å². The molecule has 0 saturated heterocycles. The van der Waals surface area contributed by atoms with E-state index in [0.717, 1.165) is 24.3 Å². The fourth-order valence-electron chi connectivity index (χ4n) is 2.23. The Kier molecular flexibility index (Phi) is 4.22. The molecule has 0 aliphatic rings. The Morgan fingerprint density at radius 1 is 1.42 bits per heavy atom.